The van der Waals surface area contributed by atoms with E-state index in [0.717, 1.165) is 0 Å². The minimum absolute atomic E-state index is 0.0557. The Labute approximate surface area is 120 Å². The van der Waals surface area contributed by atoms with Crippen LogP contribution in [0, 0.1) is 0 Å². The van der Waals surface area contributed by atoms with E-state index in [9.17, 15) is 26.3 Å². The molecule has 122 valence electrons. The highest BCUT2D eigenvalue weighted by molar-refractivity contribution is 5.70. The van der Waals surface area contributed by atoms with Gasteiger partial charge in [-0.05, 0) is 29.0 Å². The van der Waals surface area contributed by atoms with Gasteiger partial charge in [-0.15, -0.1) is 5.43 Å². The molecule has 0 spiro atoms. The smallest absolute Gasteiger partial charge is 0.289 e. The lowest BCUT2D eigenvalue weighted by Gasteiger charge is -2.13. The maximum absolute atomic E-state index is 12.6. The van der Waals surface area contributed by atoms with Gasteiger partial charge < -0.3 is 0 Å². The molecule has 0 aromatic heterocycles. The molecular formula is C11H12F6N5+. The Kier molecular flexibility index (Phi) is 5.33. The van der Waals surface area contributed by atoms with Crippen molar-refractivity contribution in [3.63, 3.8) is 0 Å². The van der Waals surface area contributed by atoms with Crippen molar-refractivity contribution in [1.29, 1.82) is 0 Å². The summed E-state index contributed by atoms with van der Waals surface area (Å²) >= 11 is 0. The number of benzene rings is 1. The van der Waals surface area contributed by atoms with E-state index in [1.165, 1.54) is 7.05 Å². The molecule has 0 amide bonds. The van der Waals surface area contributed by atoms with Crippen molar-refractivity contribution in [3.8, 4) is 0 Å². The van der Waals surface area contributed by atoms with Gasteiger partial charge in [0.1, 0.15) is 0 Å². The summed E-state index contributed by atoms with van der Waals surface area (Å²) in [5.41, 5.74) is 4.53. The molecule has 0 aliphatic heterocycles. The van der Waals surface area contributed by atoms with Crippen molar-refractivity contribution in [1.82, 2.24) is 5.43 Å². The molecule has 11 heteroatoms. The predicted octanol–water partition coefficient (Wildman–Crippen LogP) is 1.21. The Morgan fingerprint density at radius 3 is 2.00 bits per heavy atom. The van der Waals surface area contributed by atoms with E-state index in [1.54, 1.807) is 0 Å². The zero-order chi connectivity index (χ0) is 17.0. The fourth-order valence-corrected chi connectivity index (χ4v) is 1.46. The molecule has 22 heavy (non-hydrogen) atoms. The first-order chi connectivity index (χ1) is 10.0. The van der Waals surface area contributed by atoms with E-state index in [-0.39, 0.29) is 24.1 Å². The van der Waals surface area contributed by atoms with Crippen LogP contribution in [0.2, 0.25) is 0 Å². The van der Waals surface area contributed by atoms with Crippen LogP contribution >= 0.6 is 0 Å². The Balaban J connectivity index is 3.14. The number of nitrogens with one attached hydrogen (secondary N) is 2. The molecule has 1 aromatic rings. The van der Waals surface area contributed by atoms with E-state index in [0.29, 0.717) is 12.1 Å². The summed E-state index contributed by atoms with van der Waals surface area (Å²) in [5, 5.41) is 6.59. The van der Waals surface area contributed by atoms with Crippen molar-refractivity contribution < 1.29 is 31.3 Å². The van der Waals surface area contributed by atoms with Gasteiger partial charge in [-0.2, -0.15) is 31.5 Å². The molecule has 5 nitrogen and oxygen atoms in total. The van der Waals surface area contributed by atoms with Crippen LogP contribution in [0.15, 0.2) is 28.5 Å². The minimum atomic E-state index is -4.89. The summed E-state index contributed by atoms with van der Waals surface area (Å²) in [6.45, 7) is -0.356. The molecule has 0 aliphatic rings. The minimum Gasteiger partial charge on any atom is -0.289 e. The Bertz CT molecular complexity index is 543. The summed E-state index contributed by atoms with van der Waals surface area (Å²) in [6.07, 6.45) is -9.78. The summed E-state index contributed by atoms with van der Waals surface area (Å²) in [5.74, 6) is -0.170. The number of halogens is 6. The van der Waals surface area contributed by atoms with Gasteiger partial charge in [-0.25, -0.2) is 0 Å². The van der Waals surface area contributed by atoms with Crippen LogP contribution < -0.4 is 16.2 Å². The predicted molar refractivity (Wildman–Crippen MR) is 64.2 cm³/mol. The lowest BCUT2D eigenvalue weighted by Crippen LogP contribution is -2.76. The van der Waals surface area contributed by atoms with E-state index in [4.69, 9.17) is 5.73 Å². The fraction of sp³-hybridized carbons (Fsp3) is 0.364. The Morgan fingerprint density at radius 1 is 1.09 bits per heavy atom. The van der Waals surface area contributed by atoms with Gasteiger partial charge in [0, 0.05) is 0 Å². The molecule has 0 radical (unpaired) electrons. The number of nitrogens with zero attached hydrogens (tertiary/aromatic N) is 2. The van der Waals surface area contributed by atoms with Gasteiger partial charge in [-0.1, -0.05) is 0 Å². The fourth-order valence-electron chi connectivity index (χ4n) is 1.46. The third-order valence-electron chi connectivity index (χ3n) is 2.40. The van der Waals surface area contributed by atoms with Crippen LogP contribution in [-0.2, 0) is 18.9 Å². The average Bonchev–Trinajstić information content (AvgIpc) is 2.40. The molecule has 4 N–H and O–H groups in total. The van der Waals surface area contributed by atoms with E-state index >= 15 is 0 Å². The first kappa shape index (κ1) is 17.7. The van der Waals surface area contributed by atoms with Gasteiger partial charge in [0.25, 0.3) is 0 Å². The zero-order valence-corrected chi connectivity index (χ0v) is 11.2. The maximum atomic E-state index is 12.6. The molecular weight excluding hydrogens is 316 g/mol. The molecule has 0 aliphatic carbocycles. The second-order valence-corrected chi connectivity index (χ2v) is 4.09. The summed E-state index contributed by atoms with van der Waals surface area (Å²) in [6, 6.07) is 1.27. The van der Waals surface area contributed by atoms with Crippen molar-refractivity contribution in [3.05, 3.63) is 34.9 Å². The van der Waals surface area contributed by atoms with Crippen LogP contribution in [0.1, 0.15) is 16.7 Å². The quantitative estimate of drug-likeness (QED) is 0.256. The van der Waals surface area contributed by atoms with Crippen LogP contribution in [-0.4, -0.2) is 13.0 Å². The molecule has 0 heterocycles. The van der Waals surface area contributed by atoms with Gasteiger partial charge in [0.15, 0.2) is 0 Å². The first-order valence-electron chi connectivity index (χ1n) is 5.73. The number of hydrogen-bond acceptors (Lipinski definition) is 2. The second kappa shape index (κ2) is 6.62. The van der Waals surface area contributed by atoms with Gasteiger partial charge in [0.2, 0.25) is 0 Å². The molecule has 1 aromatic carbocycles. The summed E-state index contributed by atoms with van der Waals surface area (Å²) in [7, 11) is 1.34. The first-order valence-corrected chi connectivity index (χ1v) is 5.73. The van der Waals surface area contributed by atoms with Gasteiger partial charge >= 0.3 is 18.3 Å². The number of nitrogens with two attached hydrogens (primary N) is 1. The molecule has 0 atom stereocenters. The lowest BCUT2D eigenvalue weighted by atomic mass is 10.0. The molecule has 0 unspecified atom stereocenters. The number of hydrogen-bond donors (Lipinski definition) is 3. The highest BCUT2D eigenvalue weighted by atomic mass is 19.4. The number of alkyl halides is 6. The van der Waals surface area contributed by atoms with Crippen molar-refractivity contribution in [2.24, 2.45) is 16.1 Å². The van der Waals surface area contributed by atoms with Crippen molar-refractivity contribution in [2.75, 3.05) is 7.05 Å². The normalized spacial score (nSPS) is 13.7. The van der Waals surface area contributed by atoms with Crippen molar-refractivity contribution >= 4 is 5.96 Å². The molecule has 0 bridgehead atoms. The summed E-state index contributed by atoms with van der Waals surface area (Å²) < 4.78 is 75.9. The third-order valence-corrected chi connectivity index (χ3v) is 2.40. The van der Waals surface area contributed by atoms with Crippen LogP contribution in [0.5, 0.6) is 0 Å². The largest absolute Gasteiger partial charge is 0.416 e. The highest BCUT2D eigenvalue weighted by Gasteiger charge is 2.36. The maximum Gasteiger partial charge on any atom is 0.416 e. The monoisotopic (exact) mass is 328 g/mol. The zero-order valence-electron chi connectivity index (χ0n) is 11.2. The third kappa shape index (κ3) is 5.22. The SMILES string of the molecule is CN=NNC(N)=[NH+]Cc1cc(C(F)(F)F)cc(C(F)(F)F)c1. The topological polar surface area (TPSA) is 76.7 Å². The standard InChI is InChI=1S/C11H11F6N5/c1-19-22-21-9(18)20-5-6-2-7(10(12,13)14)4-8(3-6)11(15,16)17/h2-4H,5H2,1H3,(H3,18,19,20,21)/p+1. The molecule has 1 rings (SSSR count). The van der Waals surface area contributed by atoms with Gasteiger partial charge in [-0.3, -0.25) is 10.7 Å². The molecule has 0 fully saturated rings. The van der Waals surface area contributed by atoms with Crippen LogP contribution in [0.3, 0.4) is 0 Å². The number of rotatable bonds is 3. The van der Waals surface area contributed by atoms with E-state index < -0.39 is 23.5 Å². The van der Waals surface area contributed by atoms with E-state index in [2.05, 4.69) is 20.8 Å². The Morgan fingerprint density at radius 2 is 1.59 bits per heavy atom. The summed E-state index contributed by atoms with van der Waals surface area (Å²) in [4.78, 5) is 2.39. The van der Waals surface area contributed by atoms with E-state index in [1.807, 2.05) is 0 Å². The van der Waals surface area contributed by atoms with Crippen LogP contribution in [0.4, 0.5) is 26.3 Å². The second-order valence-electron chi connectivity index (χ2n) is 4.09. The van der Waals surface area contributed by atoms with Crippen molar-refractivity contribution in [2.45, 2.75) is 18.9 Å². The van der Waals surface area contributed by atoms with Gasteiger partial charge in [0.05, 0.1) is 24.7 Å². The van der Waals surface area contributed by atoms with Crippen LogP contribution in [0.25, 0.3) is 0 Å². The Hall–Kier alpha value is -2.33. The lowest BCUT2D eigenvalue weighted by molar-refractivity contribution is -0.478. The molecule has 0 saturated carbocycles. The highest BCUT2D eigenvalue weighted by Crippen LogP contribution is 2.36. The molecule has 0 saturated heterocycles. The number of guanidine groups is 1. The average molecular weight is 328 g/mol.